The molecule has 0 heterocycles. The third kappa shape index (κ3) is 8.05. The van der Waals surface area contributed by atoms with Crippen molar-refractivity contribution < 1.29 is 23.0 Å². The Morgan fingerprint density at radius 1 is 1.09 bits per heavy atom. The lowest BCUT2D eigenvalue weighted by molar-refractivity contribution is -0.0505. The molecule has 0 bridgehead atoms. The molecule has 32 heavy (non-hydrogen) atoms. The maximum Gasteiger partial charge on any atom is 0.387 e. The number of nitrogens with one attached hydrogen (secondary N) is 3. The fourth-order valence-corrected chi connectivity index (χ4v) is 2.79. The van der Waals surface area contributed by atoms with Crippen molar-refractivity contribution in [3.05, 3.63) is 59.2 Å². The molecular formula is C23H30F2N4O3. The molecule has 7 nitrogen and oxygen atoms in total. The first-order chi connectivity index (χ1) is 15.5. The average molecular weight is 449 g/mol. The minimum absolute atomic E-state index is 0.0572. The van der Waals surface area contributed by atoms with Crippen LogP contribution in [0.5, 0.6) is 11.5 Å². The van der Waals surface area contributed by atoms with Crippen LogP contribution >= 0.6 is 0 Å². The predicted octanol–water partition coefficient (Wildman–Crippen LogP) is 3.69. The number of guanidine groups is 1. The van der Waals surface area contributed by atoms with Crippen LogP contribution in [0.15, 0.2) is 47.5 Å². The molecule has 0 aliphatic rings. The van der Waals surface area contributed by atoms with Crippen LogP contribution in [0, 0.1) is 0 Å². The van der Waals surface area contributed by atoms with Gasteiger partial charge in [-0.25, -0.2) is 4.99 Å². The molecule has 0 aliphatic carbocycles. The molecule has 2 aromatic rings. The van der Waals surface area contributed by atoms with E-state index in [0.29, 0.717) is 42.5 Å². The SMILES string of the molecule is CCCOc1ccc(CNC(=NCc2ccc(C(=O)NC)cc2)NCC)c(OC(F)F)c1. The number of ether oxygens (including phenoxy) is 2. The minimum Gasteiger partial charge on any atom is -0.493 e. The molecule has 0 fully saturated rings. The number of halogens is 2. The third-order valence-electron chi connectivity index (χ3n) is 4.38. The van der Waals surface area contributed by atoms with Gasteiger partial charge in [-0.05, 0) is 43.2 Å². The Balaban J connectivity index is 2.08. The molecule has 0 atom stereocenters. The highest BCUT2D eigenvalue weighted by atomic mass is 19.3. The van der Waals surface area contributed by atoms with Crippen LogP contribution < -0.4 is 25.4 Å². The summed E-state index contributed by atoms with van der Waals surface area (Å²) in [6, 6.07) is 12.0. The number of carbonyl (C=O) groups excluding carboxylic acids is 1. The quantitative estimate of drug-likeness (QED) is 0.361. The summed E-state index contributed by atoms with van der Waals surface area (Å²) < 4.78 is 35.9. The van der Waals surface area contributed by atoms with Gasteiger partial charge in [-0.15, -0.1) is 0 Å². The summed E-state index contributed by atoms with van der Waals surface area (Å²) in [4.78, 5) is 16.2. The first kappa shape index (κ1) is 24.9. The summed E-state index contributed by atoms with van der Waals surface area (Å²) >= 11 is 0. The second-order valence-corrected chi connectivity index (χ2v) is 6.82. The number of aliphatic imine (C=N–C) groups is 1. The van der Waals surface area contributed by atoms with Crippen molar-refractivity contribution in [2.24, 2.45) is 4.99 Å². The molecule has 0 aliphatic heterocycles. The number of amides is 1. The topological polar surface area (TPSA) is 84.0 Å². The highest BCUT2D eigenvalue weighted by Crippen LogP contribution is 2.26. The Labute approximate surface area is 187 Å². The molecule has 3 N–H and O–H groups in total. The molecule has 1 amide bonds. The van der Waals surface area contributed by atoms with Crippen LogP contribution in [0.2, 0.25) is 0 Å². The van der Waals surface area contributed by atoms with Crippen LogP contribution in [0.25, 0.3) is 0 Å². The molecule has 0 spiro atoms. The number of hydrogen-bond donors (Lipinski definition) is 3. The van der Waals surface area contributed by atoms with Crippen LogP contribution in [0.3, 0.4) is 0 Å². The lowest BCUT2D eigenvalue weighted by atomic mass is 10.1. The Bertz CT molecular complexity index is 889. The number of alkyl halides is 2. The van der Waals surface area contributed by atoms with E-state index in [0.717, 1.165) is 12.0 Å². The summed E-state index contributed by atoms with van der Waals surface area (Å²) in [6.07, 6.45) is 0.811. The summed E-state index contributed by atoms with van der Waals surface area (Å²) in [5.41, 5.74) is 2.05. The Morgan fingerprint density at radius 2 is 1.84 bits per heavy atom. The Kier molecular flexibility index (Phi) is 10.2. The lowest BCUT2D eigenvalue weighted by Gasteiger charge is -2.16. The van der Waals surface area contributed by atoms with Gasteiger partial charge in [-0.1, -0.05) is 19.1 Å². The first-order valence-electron chi connectivity index (χ1n) is 10.5. The van der Waals surface area contributed by atoms with Crippen molar-refractivity contribution in [2.75, 3.05) is 20.2 Å². The van der Waals surface area contributed by atoms with Crippen LogP contribution in [0.1, 0.15) is 41.8 Å². The average Bonchev–Trinajstić information content (AvgIpc) is 2.79. The monoisotopic (exact) mass is 448 g/mol. The van der Waals surface area contributed by atoms with Gasteiger partial charge >= 0.3 is 6.61 Å². The molecule has 2 aromatic carbocycles. The number of hydrogen-bond acceptors (Lipinski definition) is 4. The van der Waals surface area contributed by atoms with Gasteiger partial charge in [0.1, 0.15) is 11.5 Å². The fourth-order valence-electron chi connectivity index (χ4n) is 2.79. The minimum atomic E-state index is -2.94. The van der Waals surface area contributed by atoms with Crippen molar-refractivity contribution in [3.63, 3.8) is 0 Å². The molecule has 0 unspecified atom stereocenters. The zero-order valence-corrected chi connectivity index (χ0v) is 18.6. The van der Waals surface area contributed by atoms with Gasteiger partial charge in [0.2, 0.25) is 0 Å². The van der Waals surface area contributed by atoms with Gasteiger partial charge in [0.15, 0.2) is 5.96 Å². The molecule has 0 aromatic heterocycles. The van der Waals surface area contributed by atoms with E-state index in [9.17, 15) is 13.6 Å². The van der Waals surface area contributed by atoms with Crippen molar-refractivity contribution in [1.29, 1.82) is 0 Å². The normalized spacial score (nSPS) is 11.2. The Morgan fingerprint density at radius 3 is 2.47 bits per heavy atom. The van der Waals surface area contributed by atoms with E-state index in [1.54, 1.807) is 31.3 Å². The molecule has 0 radical (unpaired) electrons. The van der Waals surface area contributed by atoms with E-state index >= 15 is 0 Å². The van der Waals surface area contributed by atoms with E-state index in [1.165, 1.54) is 6.07 Å². The number of nitrogens with zero attached hydrogens (tertiary/aromatic N) is 1. The van der Waals surface area contributed by atoms with E-state index in [2.05, 4.69) is 25.7 Å². The van der Waals surface area contributed by atoms with Crippen molar-refractivity contribution in [2.45, 2.75) is 40.0 Å². The van der Waals surface area contributed by atoms with Crippen molar-refractivity contribution in [1.82, 2.24) is 16.0 Å². The van der Waals surface area contributed by atoms with Crippen molar-refractivity contribution in [3.8, 4) is 11.5 Å². The largest absolute Gasteiger partial charge is 0.493 e. The molecule has 9 heteroatoms. The first-order valence-corrected chi connectivity index (χ1v) is 10.5. The van der Waals surface area contributed by atoms with Crippen molar-refractivity contribution >= 4 is 11.9 Å². The number of rotatable bonds is 11. The second-order valence-electron chi connectivity index (χ2n) is 6.82. The summed E-state index contributed by atoms with van der Waals surface area (Å²) in [6.45, 7) is 2.70. The van der Waals surface area contributed by atoms with Crippen LogP contribution in [0.4, 0.5) is 8.78 Å². The van der Waals surface area contributed by atoms with Crippen LogP contribution in [-0.4, -0.2) is 38.7 Å². The second kappa shape index (κ2) is 13.1. The fraction of sp³-hybridized carbons (Fsp3) is 0.391. The van der Waals surface area contributed by atoms with Gasteiger partial charge < -0.3 is 25.4 Å². The summed E-state index contributed by atoms with van der Waals surface area (Å²) in [5.74, 6) is 0.911. The lowest BCUT2D eigenvalue weighted by Crippen LogP contribution is -2.36. The number of benzene rings is 2. The molecule has 0 saturated carbocycles. The maximum atomic E-state index is 12.9. The molecule has 2 rings (SSSR count). The highest BCUT2D eigenvalue weighted by molar-refractivity contribution is 5.93. The van der Waals surface area contributed by atoms with E-state index in [-0.39, 0.29) is 18.2 Å². The predicted molar refractivity (Wildman–Crippen MR) is 120 cm³/mol. The van der Waals surface area contributed by atoms with E-state index in [4.69, 9.17) is 4.74 Å². The molecule has 0 saturated heterocycles. The van der Waals surface area contributed by atoms with Crippen LogP contribution in [-0.2, 0) is 13.1 Å². The maximum absolute atomic E-state index is 12.9. The third-order valence-corrected chi connectivity index (χ3v) is 4.38. The smallest absolute Gasteiger partial charge is 0.387 e. The standard InChI is InChI=1S/C23H30F2N4O3/c1-4-12-31-19-11-10-18(20(13-19)32-22(24)25)15-29-23(27-5-2)28-14-16-6-8-17(9-7-16)21(30)26-3/h6-11,13,22H,4-5,12,14-15H2,1-3H3,(H,26,30)(H2,27,28,29). The van der Waals surface area contributed by atoms with Gasteiger partial charge in [-0.3, -0.25) is 4.79 Å². The zero-order chi connectivity index (χ0) is 23.3. The highest BCUT2D eigenvalue weighted by Gasteiger charge is 2.12. The Hall–Kier alpha value is -3.36. The van der Waals surface area contributed by atoms with Gasteiger partial charge in [0, 0.05) is 37.3 Å². The zero-order valence-electron chi connectivity index (χ0n) is 18.6. The summed E-state index contributed by atoms with van der Waals surface area (Å²) in [5, 5.41) is 8.83. The molecular weight excluding hydrogens is 418 g/mol. The molecule has 174 valence electrons. The van der Waals surface area contributed by atoms with Gasteiger partial charge in [0.25, 0.3) is 5.91 Å². The van der Waals surface area contributed by atoms with Gasteiger partial charge in [0.05, 0.1) is 13.2 Å². The number of carbonyl (C=O) groups is 1. The van der Waals surface area contributed by atoms with Gasteiger partial charge in [-0.2, -0.15) is 8.78 Å². The van der Waals surface area contributed by atoms with E-state index < -0.39 is 6.61 Å². The summed E-state index contributed by atoms with van der Waals surface area (Å²) in [7, 11) is 1.58. The van der Waals surface area contributed by atoms with E-state index in [1.807, 2.05) is 26.0 Å².